The van der Waals surface area contributed by atoms with E-state index in [1.54, 1.807) is 41.2 Å². The van der Waals surface area contributed by atoms with Crippen LogP contribution >= 0.6 is 0 Å². The third-order valence-electron chi connectivity index (χ3n) is 8.51. The highest BCUT2D eigenvalue weighted by Crippen LogP contribution is 2.40. The number of aliphatic imine (C=N–C) groups is 1. The molecule has 3 atom stereocenters. The molecule has 0 radical (unpaired) electrons. The van der Waals surface area contributed by atoms with Crippen molar-refractivity contribution in [1.82, 2.24) is 9.80 Å². The summed E-state index contributed by atoms with van der Waals surface area (Å²) in [6.07, 6.45) is 4.56. The number of nitrogens with two attached hydrogens (primary N) is 1. The second-order valence-electron chi connectivity index (χ2n) is 11.6. The van der Waals surface area contributed by atoms with Gasteiger partial charge >= 0.3 is 0 Å². The van der Waals surface area contributed by atoms with Crippen LogP contribution < -0.4 is 30.0 Å². The molecule has 0 aliphatic carbocycles. The maximum atomic E-state index is 13.2. The van der Waals surface area contributed by atoms with E-state index < -0.39 is 6.23 Å². The minimum atomic E-state index is -0.913. The first-order valence-electron chi connectivity index (χ1n) is 15.5. The largest absolute Gasteiger partial charge is 0.493 e. The van der Waals surface area contributed by atoms with E-state index in [9.17, 15) is 14.7 Å². The van der Waals surface area contributed by atoms with Gasteiger partial charge in [-0.1, -0.05) is 24.3 Å². The molecule has 2 fully saturated rings. The number of amides is 2. The maximum Gasteiger partial charge on any atom is 0.257 e. The molecule has 6 rings (SSSR count). The molecule has 2 aromatic rings. The lowest BCUT2D eigenvalue weighted by molar-refractivity contribution is 0.0581. The monoisotopic (exact) mass is 633 g/mol. The van der Waals surface area contributed by atoms with E-state index in [0.29, 0.717) is 78.2 Å². The van der Waals surface area contributed by atoms with E-state index in [0.717, 1.165) is 36.8 Å². The molecule has 2 amide bonds. The number of unbranched alkanes of at least 4 members (excludes halogenated alkanes) is 2. The van der Waals surface area contributed by atoms with Crippen LogP contribution in [0, 0.1) is 0 Å². The summed E-state index contributed by atoms with van der Waals surface area (Å²) in [6.45, 7) is 9.86. The van der Waals surface area contributed by atoms with Gasteiger partial charge in [0.05, 0.1) is 62.0 Å². The van der Waals surface area contributed by atoms with Crippen molar-refractivity contribution in [2.75, 3.05) is 52.9 Å². The molecule has 4 aliphatic rings. The standard InChI is InChI=1S/C33H38N4O7.CH5N/c1-19-10-21-16-34-24-14-29(27(41-3)12-22(24)32(39)36(21)17-19)43-8-6-5-7-9-44-30-15-25-23(13-28(30)42-4)33(40)37-18-20(2)11-26(37)31(38)35-25;1-2/h12-16,21,26,31,35,38H,1-2,5-11,17-18H2,3-4H3;2H2,1H3. The fourth-order valence-electron chi connectivity index (χ4n) is 6.22. The lowest BCUT2D eigenvalue weighted by atomic mass is 10.1. The highest BCUT2D eigenvalue weighted by atomic mass is 16.5. The number of rotatable bonds is 10. The average Bonchev–Trinajstić information content (AvgIpc) is 3.59. The van der Waals surface area contributed by atoms with Crippen LogP contribution in [0.15, 0.2) is 53.6 Å². The second kappa shape index (κ2) is 14.3. The summed E-state index contributed by atoms with van der Waals surface area (Å²) < 4.78 is 23.2. The van der Waals surface area contributed by atoms with E-state index in [1.807, 2.05) is 6.21 Å². The van der Waals surface area contributed by atoms with Crippen molar-refractivity contribution >= 4 is 29.4 Å². The molecule has 0 saturated carbocycles. The summed E-state index contributed by atoms with van der Waals surface area (Å²) >= 11 is 0. The van der Waals surface area contributed by atoms with Gasteiger partial charge in [0.2, 0.25) is 0 Å². The predicted octanol–water partition coefficient (Wildman–Crippen LogP) is 3.91. The van der Waals surface area contributed by atoms with E-state index >= 15 is 0 Å². The van der Waals surface area contributed by atoms with Crippen LogP contribution in [0.5, 0.6) is 23.0 Å². The van der Waals surface area contributed by atoms with Crippen molar-refractivity contribution < 1.29 is 33.6 Å². The lowest BCUT2D eigenvalue weighted by Crippen LogP contribution is -2.43. The van der Waals surface area contributed by atoms with Crippen LogP contribution in [0.3, 0.4) is 0 Å². The minimum absolute atomic E-state index is 0.0744. The molecule has 0 spiro atoms. The Kier molecular flexibility index (Phi) is 10.2. The Morgan fingerprint density at radius 2 is 1.43 bits per heavy atom. The van der Waals surface area contributed by atoms with E-state index in [-0.39, 0.29) is 23.9 Å². The van der Waals surface area contributed by atoms with Crippen molar-refractivity contribution in [3.63, 3.8) is 0 Å². The van der Waals surface area contributed by atoms with Crippen LogP contribution in [0.25, 0.3) is 0 Å². The third kappa shape index (κ3) is 6.54. The highest BCUT2D eigenvalue weighted by molar-refractivity contribution is 6.04. The summed E-state index contributed by atoms with van der Waals surface area (Å²) in [5.41, 5.74) is 8.45. The third-order valence-corrected chi connectivity index (χ3v) is 8.51. The molecule has 2 aromatic carbocycles. The molecule has 4 N–H and O–H groups in total. The van der Waals surface area contributed by atoms with Gasteiger partial charge in [-0.2, -0.15) is 0 Å². The number of carbonyl (C=O) groups excluding carboxylic acids is 2. The minimum Gasteiger partial charge on any atom is -0.493 e. The summed E-state index contributed by atoms with van der Waals surface area (Å²) in [6, 6.07) is 6.42. The Bertz CT molecular complexity index is 1540. The Labute approximate surface area is 269 Å². The molecule has 0 bridgehead atoms. The number of benzene rings is 2. The van der Waals surface area contributed by atoms with Crippen molar-refractivity contribution in [3.8, 4) is 23.0 Å². The zero-order chi connectivity index (χ0) is 33.0. The number of nitrogens with zero attached hydrogens (tertiary/aromatic N) is 3. The number of hydrogen-bond acceptors (Lipinski definition) is 10. The van der Waals surface area contributed by atoms with Crippen molar-refractivity contribution in [1.29, 1.82) is 0 Å². The molecule has 46 heavy (non-hydrogen) atoms. The van der Waals surface area contributed by atoms with E-state index in [1.165, 1.54) is 14.2 Å². The van der Waals surface area contributed by atoms with Gasteiger partial charge in [0.15, 0.2) is 23.0 Å². The number of fused-ring (bicyclic) bond motifs is 4. The molecular formula is C34H43N5O7. The smallest absolute Gasteiger partial charge is 0.257 e. The van der Waals surface area contributed by atoms with Gasteiger partial charge in [-0.05, 0) is 51.3 Å². The number of hydrogen-bond donors (Lipinski definition) is 3. The second-order valence-corrected chi connectivity index (χ2v) is 11.6. The Morgan fingerprint density at radius 3 is 2.11 bits per heavy atom. The molecular weight excluding hydrogens is 590 g/mol. The van der Waals surface area contributed by atoms with Crippen LogP contribution in [0.4, 0.5) is 11.4 Å². The molecule has 2 saturated heterocycles. The van der Waals surface area contributed by atoms with Crippen LogP contribution in [0.2, 0.25) is 0 Å². The Hall–Kier alpha value is -4.55. The van der Waals surface area contributed by atoms with Crippen LogP contribution in [-0.4, -0.2) is 98.8 Å². The first-order valence-corrected chi connectivity index (χ1v) is 15.5. The molecule has 4 heterocycles. The number of aliphatic hydroxyl groups is 1. The fraction of sp³-hybridized carbons (Fsp3) is 0.441. The topological polar surface area (TPSA) is 148 Å². The maximum absolute atomic E-state index is 13.2. The average molecular weight is 634 g/mol. The molecule has 4 aliphatic heterocycles. The molecule has 12 heteroatoms. The predicted molar refractivity (Wildman–Crippen MR) is 176 cm³/mol. The summed E-state index contributed by atoms with van der Waals surface area (Å²) in [5.74, 6) is 1.73. The lowest BCUT2D eigenvalue weighted by Gasteiger charge is -2.24. The first-order chi connectivity index (χ1) is 22.3. The number of aliphatic hydroxyl groups excluding tert-OH is 1. The first kappa shape index (κ1) is 32.8. The van der Waals surface area contributed by atoms with E-state index in [4.69, 9.17) is 18.9 Å². The number of anilines is 1. The summed E-state index contributed by atoms with van der Waals surface area (Å²) in [7, 11) is 4.59. The van der Waals surface area contributed by atoms with Crippen LogP contribution in [-0.2, 0) is 0 Å². The van der Waals surface area contributed by atoms with Crippen molar-refractivity contribution in [3.05, 3.63) is 59.7 Å². The molecule has 12 nitrogen and oxygen atoms in total. The van der Waals surface area contributed by atoms with Gasteiger partial charge < -0.3 is 44.9 Å². The zero-order valence-corrected chi connectivity index (χ0v) is 26.7. The number of ether oxygens (including phenoxy) is 4. The summed E-state index contributed by atoms with van der Waals surface area (Å²) in [4.78, 5) is 34.4. The quantitative estimate of drug-likeness (QED) is 0.262. The van der Waals surface area contributed by atoms with Gasteiger partial charge in [-0.25, -0.2) is 0 Å². The van der Waals surface area contributed by atoms with Gasteiger partial charge in [0.1, 0.15) is 6.23 Å². The van der Waals surface area contributed by atoms with Gasteiger partial charge in [0.25, 0.3) is 11.8 Å². The van der Waals surface area contributed by atoms with Gasteiger partial charge in [-0.3, -0.25) is 14.6 Å². The van der Waals surface area contributed by atoms with Crippen LogP contribution in [0.1, 0.15) is 52.8 Å². The Balaban J connectivity index is 0.00000204. The SMILES string of the molecule is C=C1CC2C=Nc3cc(OCCCCCOc4cc5c(cc4OC)C(=O)N4CC(=C)CC4C(O)N5)c(OC)cc3C(=O)N2C1.CN. The van der Waals surface area contributed by atoms with E-state index in [2.05, 4.69) is 29.2 Å². The molecule has 246 valence electrons. The number of nitrogens with one attached hydrogen (secondary N) is 1. The molecule has 0 aromatic heterocycles. The zero-order valence-electron chi connectivity index (χ0n) is 26.7. The molecule has 3 unspecified atom stereocenters. The normalized spacial score (nSPS) is 21.2. The fourth-order valence-corrected chi connectivity index (χ4v) is 6.22. The van der Waals surface area contributed by atoms with Gasteiger partial charge in [0, 0.05) is 31.4 Å². The van der Waals surface area contributed by atoms with Gasteiger partial charge in [-0.15, -0.1) is 0 Å². The number of methoxy groups -OCH3 is 2. The number of carbonyl (C=O) groups is 2. The Morgan fingerprint density at radius 1 is 0.848 bits per heavy atom. The van der Waals surface area contributed by atoms with Crippen molar-refractivity contribution in [2.24, 2.45) is 10.7 Å². The summed E-state index contributed by atoms with van der Waals surface area (Å²) in [5, 5.41) is 13.8. The van der Waals surface area contributed by atoms with Crippen molar-refractivity contribution in [2.45, 2.75) is 50.4 Å². The highest BCUT2D eigenvalue weighted by Gasteiger charge is 2.40.